The highest BCUT2D eigenvalue weighted by Crippen LogP contribution is 2.20. The van der Waals surface area contributed by atoms with Crippen LogP contribution in [-0.2, 0) is 9.59 Å². The average molecular weight is 245 g/mol. The number of imide groups is 1. The minimum absolute atomic E-state index is 0.0559. The third-order valence-corrected chi connectivity index (χ3v) is 3.14. The van der Waals surface area contributed by atoms with Crippen molar-refractivity contribution in [2.24, 2.45) is 5.92 Å². The van der Waals surface area contributed by atoms with Crippen LogP contribution in [0.5, 0.6) is 0 Å². The molecule has 1 saturated carbocycles. The average Bonchev–Trinajstić information content (AvgIpc) is 2.40. The molecule has 0 saturated heterocycles. The normalized spacial score (nSPS) is 19.3. The summed E-state index contributed by atoms with van der Waals surface area (Å²) in [4.78, 5) is 35.2. The van der Waals surface area contributed by atoms with Gasteiger partial charge in [-0.1, -0.05) is 24.6 Å². The van der Waals surface area contributed by atoms with Gasteiger partial charge in [0.1, 0.15) is 5.78 Å². The Morgan fingerprint density at radius 3 is 2.50 bits per heavy atom. The molecule has 1 aromatic rings. The van der Waals surface area contributed by atoms with Gasteiger partial charge in [0.05, 0.1) is 5.92 Å². The Balaban J connectivity index is 1.99. The topological polar surface area (TPSA) is 63.2 Å². The molecule has 1 atom stereocenters. The molecular formula is C14H15NO3. The van der Waals surface area contributed by atoms with Crippen LogP contribution in [0.15, 0.2) is 30.3 Å². The van der Waals surface area contributed by atoms with Crippen LogP contribution in [0, 0.1) is 5.92 Å². The Hall–Kier alpha value is -1.97. The predicted molar refractivity (Wildman–Crippen MR) is 65.9 cm³/mol. The van der Waals surface area contributed by atoms with Crippen molar-refractivity contribution in [2.45, 2.75) is 25.7 Å². The van der Waals surface area contributed by atoms with Gasteiger partial charge in [0.15, 0.2) is 0 Å². The summed E-state index contributed by atoms with van der Waals surface area (Å²) in [6.45, 7) is 0. The van der Waals surface area contributed by atoms with Crippen molar-refractivity contribution in [1.82, 2.24) is 5.32 Å². The van der Waals surface area contributed by atoms with Crippen LogP contribution in [0.1, 0.15) is 36.0 Å². The van der Waals surface area contributed by atoms with Gasteiger partial charge in [0.2, 0.25) is 5.91 Å². The fourth-order valence-corrected chi connectivity index (χ4v) is 2.12. The number of hydrogen-bond donors (Lipinski definition) is 1. The number of benzene rings is 1. The van der Waals surface area contributed by atoms with Crippen molar-refractivity contribution in [3.8, 4) is 0 Å². The summed E-state index contributed by atoms with van der Waals surface area (Å²) in [5.41, 5.74) is 0.425. The van der Waals surface area contributed by atoms with E-state index < -0.39 is 17.7 Å². The lowest BCUT2D eigenvalue weighted by Gasteiger charge is -2.19. The molecule has 0 aliphatic heterocycles. The quantitative estimate of drug-likeness (QED) is 0.637. The lowest BCUT2D eigenvalue weighted by Crippen LogP contribution is -2.40. The molecule has 1 unspecified atom stereocenters. The van der Waals surface area contributed by atoms with Crippen molar-refractivity contribution in [2.75, 3.05) is 0 Å². The molecule has 1 N–H and O–H groups in total. The largest absolute Gasteiger partial charge is 0.299 e. The SMILES string of the molecule is O=C(NC(=O)C1CCCCC1=O)c1ccccc1. The van der Waals surface area contributed by atoms with Crippen LogP contribution < -0.4 is 5.32 Å². The Kier molecular flexibility index (Phi) is 3.87. The molecule has 4 heteroatoms. The number of carbonyl (C=O) groups excluding carboxylic acids is 3. The van der Waals surface area contributed by atoms with Crippen LogP contribution in [0.25, 0.3) is 0 Å². The fraction of sp³-hybridized carbons (Fsp3) is 0.357. The number of ketones is 1. The van der Waals surface area contributed by atoms with Gasteiger partial charge in [-0.3, -0.25) is 19.7 Å². The summed E-state index contributed by atoms with van der Waals surface area (Å²) in [7, 11) is 0. The highest BCUT2D eigenvalue weighted by Gasteiger charge is 2.29. The van der Waals surface area contributed by atoms with Gasteiger partial charge in [-0.2, -0.15) is 0 Å². The molecule has 94 valence electrons. The van der Waals surface area contributed by atoms with Crippen LogP contribution in [0.4, 0.5) is 0 Å². The van der Waals surface area contributed by atoms with E-state index in [4.69, 9.17) is 0 Å². The number of Topliss-reactive ketones (excluding diaryl/α,β-unsaturated/α-hetero) is 1. The van der Waals surface area contributed by atoms with E-state index >= 15 is 0 Å². The highest BCUT2D eigenvalue weighted by atomic mass is 16.2. The molecule has 2 amide bonds. The molecule has 1 fully saturated rings. The summed E-state index contributed by atoms with van der Waals surface area (Å²) < 4.78 is 0. The molecule has 0 radical (unpaired) electrons. The number of amides is 2. The number of nitrogens with one attached hydrogen (secondary N) is 1. The van der Waals surface area contributed by atoms with E-state index in [0.717, 1.165) is 12.8 Å². The molecule has 0 heterocycles. The van der Waals surface area contributed by atoms with Crippen molar-refractivity contribution < 1.29 is 14.4 Å². The van der Waals surface area contributed by atoms with E-state index in [1.165, 1.54) is 0 Å². The Morgan fingerprint density at radius 1 is 1.11 bits per heavy atom. The second kappa shape index (κ2) is 5.58. The van der Waals surface area contributed by atoms with Gasteiger partial charge in [-0.05, 0) is 25.0 Å². The van der Waals surface area contributed by atoms with E-state index in [-0.39, 0.29) is 5.78 Å². The van der Waals surface area contributed by atoms with Crippen molar-refractivity contribution in [3.63, 3.8) is 0 Å². The monoisotopic (exact) mass is 245 g/mol. The maximum atomic E-state index is 11.8. The first-order valence-electron chi connectivity index (χ1n) is 6.11. The lowest BCUT2D eigenvalue weighted by molar-refractivity contribution is -0.134. The summed E-state index contributed by atoms with van der Waals surface area (Å²) in [6.07, 6.45) is 2.70. The van der Waals surface area contributed by atoms with Gasteiger partial charge in [0.25, 0.3) is 5.91 Å². The second-order valence-electron chi connectivity index (χ2n) is 4.45. The van der Waals surface area contributed by atoms with Gasteiger partial charge in [-0.15, -0.1) is 0 Å². The molecule has 18 heavy (non-hydrogen) atoms. The zero-order valence-electron chi connectivity index (χ0n) is 10.0. The molecule has 0 bridgehead atoms. The summed E-state index contributed by atoms with van der Waals surface area (Å²) in [5, 5.41) is 2.30. The van der Waals surface area contributed by atoms with E-state index in [2.05, 4.69) is 5.32 Å². The molecule has 0 aromatic heterocycles. The summed E-state index contributed by atoms with van der Waals surface area (Å²) in [5.74, 6) is -1.61. The van der Waals surface area contributed by atoms with Crippen molar-refractivity contribution >= 4 is 17.6 Å². The Labute approximate surface area is 105 Å². The second-order valence-corrected chi connectivity index (χ2v) is 4.45. The van der Waals surface area contributed by atoms with Gasteiger partial charge in [-0.25, -0.2) is 0 Å². The molecule has 2 rings (SSSR count). The molecular weight excluding hydrogens is 230 g/mol. The van der Waals surface area contributed by atoms with E-state index in [9.17, 15) is 14.4 Å². The van der Waals surface area contributed by atoms with E-state index in [0.29, 0.717) is 18.4 Å². The zero-order valence-corrected chi connectivity index (χ0v) is 10.0. The van der Waals surface area contributed by atoms with Gasteiger partial charge >= 0.3 is 0 Å². The third kappa shape index (κ3) is 2.83. The van der Waals surface area contributed by atoms with Crippen LogP contribution in [-0.4, -0.2) is 17.6 Å². The summed E-state index contributed by atoms with van der Waals surface area (Å²) >= 11 is 0. The first kappa shape index (κ1) is 12.5. The number of rotatable bonds is 2. The van der Waals surface area contributed by atoms with Crippen LogP contribution in [0.2, 0.25) is 0 Å². The van der Waals surface area contributed by atoms with E-state index in [1.807, 2.05) is 0 Å². The predicted octanol–water partition coefficient (Wildman–Crippen LogP) is 1.70. The van der Waals surface area contributed by atoms with Gasteiger partial charge < -0.3 is 0 Å². The first-order valence-corrected chi connectivity index (χ1v) is 6.11. The number of carbonyl (C=O) groups is 3. The lowest BCUT2D eigenvalue weighted by atomic mass is 9.87. The van der Waals surface area contributed by atoms with Gasteiger partial charge in [0, 0.05) is 12.0 Å². The molecule has 1 aliphatic carbocycles. The maximum Gasteiger partial charge on any atom is 0.257 e. The fourth-order valence-electron chi connectivity index (χ4n) is 2.12. The van der Waals surface area contributed by atoms with Crippen LogP contribution in [0.3, 0.4) is 0 Å². The first-order chi connectivity index (χ1) is 8.68. The molecule has 4 nitrogen and oxygen atoms in total. The maximum absolute atomic E-state index is 11.8. The Bertz CT molecular complexity index is 467. The van der Waals surface area contributed by atoms with E-state index in [1.54, 1.807) is 30.3 Å². The standard InChI is InChI=1S/C14H15NO3/c16-12-9-5-4-8-11(12)14(18)15-13(17)10-6-2-1-3-7-10/h1-3,6-7,11H,4-5,8-9H2,(H,15,17,18). The summed E-state index contributed by atoms with van der Waals surface area (Å²) in [6, 6.07) is 8.51. The zero-order chi connectivity index (χ0) is 13.0. The molecule has 1 aromatic carbocycles. The third-order valence-electron chi connectivity index (χ3n) is 3.14. The highest BCUT2D eigenvalue weighted by molar-refractivity contribution is 6.11. The van der Waals surface area contributed by atoms with Crippen LogP contribution >= 0.6 is 0 Å². The minimum atomic E-state index is -0.647. The minimum Gasteiger partial charge on any atom is -0.299 e. The molecule has 0 spiro atoms. The van der Waals surface area contributed by atoms with Crippen molar-refractivity contribution in [1.29, 1.82) is 0 Å². The van der Waals surface area contributed by atoms with Crippen molar-refractivity contribution in [3.05, 3.63) is 35.9 Å². The smallest absolute Gasteiger partial charge is 0.257 e. The Morgan fingerprint density at radius 2 is 1.83 bits per heavy atom. The number of hydrogen-bond acceptors (Lipinski definition) is 3. The molecule has 1 aliphatic rings.